The van der Waals surface area contributed by atoms with Crippen molar-refractivity contribution in [3.05, 3.63) is 0 Å². The van der Waals surface area contributed by atoms with Crippen LogP contribution in [-0.2, 0) is 9.53 Å². The van der Waals surface area contributed by atoms with Crippen molar-refractivity contribution in [3.63, 3.8) is 0 Å². The molecule has 1 fully saturated rings. The third-order valence-electron chi connectivity index (χ3n) is 0.954. The zero-order valence-electron chi connectivity index (χ0n) is 3.92. The van der Waals surface area contributed by atoms with Gasteiger partial charge in [0.15, 0.2) is 6.10 Å². The molecule has 0 radical (unpaired) electrons. The normalized spacial score (nSPS) is 33.1. The number of aliphatic carboxylic acids is 1. The number of epoxide rings is 1. The van der Waals surface area contributed by atoms with E-state index in [1.165, 1.54) is 0 Å². The van der Waals surface area contributed by atoms with Crippen LogP contribution in [0.15, 0.2) is 0 Å². The molecular weight excluding hydrogens is 119 g/mol. The molecule has 0 saturated carbocycles. The minimum atomic E-state index is -0.854. The van der Waals surface area contributed by atoms with E-state index in [0.29, 0.717) is 0 Å². The quantitative estimate of drug-likeness (QED) is 0.370. The molecule has 0 aromatic heterocycles. The molecule has 8 heavy (non-hydrogen) atoms. The molecule has 0 bridgehead atoms. The third-order valence-corrected chi connectivity index (χ3v) is 0.954. The van der Waals surface area contributed by atoms with Gasteiger partial charge in [0, 0.05) is 0 Å². The molecule has 0 unspecified atom stereocenters. The number of carboxylic acids is 1. The van der Waals surface area contributed by atoms with Gasteiger partial charge in [-0.25, -0.2) is 4.79 Å². The fourth-order valence-corrected chi connectivity index (χ4v) is 0.445. The summed E-state index contributed by atoms with van der Waals surface area (Å²) in [4.78, 5) is 9.85. The summed E-state index contributed by atoms with van der Waals surface area (Å²) in [5, 5.41) is 8.10. The van der Waals surface area contributed by atoms with Crippen LogP contribution in [0, 0.1) is 0 Å². The van der Waals surface area contributed by atoms with Crippen molar-refractivity contribution in [2.75, 3.05) is 0 Å². The van der Waals surface area contributed by atoms with Crippen LogP contribution >= 0.6 is 0 Å². The van der Waals surface area contributed by atoms with Gasteiger partial charge in [0.05, 0.1) is 6.10 Å². The van der Waals surface area contributed by atoms with Crippen LogP contribution < -0.4 is 0 Å². The molecule has 2 atom stereocenters. The van der Waals surface area contributed by atoms with Gasteiger partial charge in [-0.2, -0.15) is 0 Å². The first-order valence-corrected chi connectivity index (χ1v) is 2.10. The SMILES string of the molecule is C[C@H]1O[C@H]1C(=O)O.[NaH]. The Hall–Kier alpha value is 0.430. The number of carbonyl (C=O) groups is 1. The van der Waals surface area contributed by atoms with Gasteiger partial charge in [-0.3, -0.25) is 0 Å². The van der Waals surface area contributed by atoms with Gasteiger partial charge in [-0.1, -0.05) is 0 Å². The number of hydrogen-bond donors (Lipinski definition) is 1. The number of hydrogen-bond acceptors (Lipinski definition) is 2. The van der Waals surface area contributed by atoms with Gasteiger partial charge >= 0.3 is 35.5 Å². The second-order valence-electron chi connectivity index (χ2n) is 1.60. The van der Waals surface area contributed by atoms with Crippen molar-refractivity contribution in [2.24, 2.45) is 0 Å². The molecule has 42 valence electrons. The van der Waals surface area contributed by atoms with Gasteiger partial charge in [-0.05, 0) is 6.92 Å². The first-order valence-electron chi connectivity index (χ1n) is 2.10. The van der Waals surface area contributed by atoms with E-state index in [2.05, 4.69) is 4.74 Å². The summed E-state index contributed by atoms with van der Waals surface area (Å²) in [6, 6.07) is 0. The Morgan fingerprint density at radius 3 is 2.12 bits per heavy atom. The van der Waals surface area contributed by atoms with E-state index in [0.717, 1.165) is 0 Å². The molecule has 1 heterocycles. The predicted molar refractivity (Wildman–Crippen MR) is 29.1 cm³/mol. The van der Waals surface area contributed by atoms with Gasteiger partial charge in [0.25, 0.3) is 0 Å². The Morgan fingerprint density at radius 1 is 1.75 bits per heavy atom. The molecule has 0 amide bonds. The van der Waals surface area contributed by atoms with Crippen molar-refractivity contribution in [1.29, 1.82) is 0 Å². The van der Waals surface area contributed by atoms with E-state index >= 15 is 0 Å². The van der Waals surface area contributed by atoms with Crippen LogP contribution in [0.4, 0.5) is 0 Å². The Kier molecular flexibility index (Phi) is 2.98. The van der Waals surface area contributed by atoms with E-state index < -0.39 is 12.1 Å². The maximum atomic E-state index is 9.85. The van der Waals surface area contributed by atoms with E-state index in [4.69, 9.17) is 5.11 Å². The zero-order chi connectivity index (χ0) is 5.44. The van der Waals surface area contributed by atoms with Crippen LogP contribution in [0.2, 0.25) is 0 Å². The van der Waals surface area contributed by atoms with Gasteiger partial charge < -0.3 is 9.84 Å². The molecule has 1 rings (SSSR count). The molecule has 4 heteroatoms. The summed E-state index contributed by atoms with van der Waals surface area (Å²) >= 11 is 0. The molecule has 0 aromatic carbocycles. The fraction of sp³-hybridized carbons (Fsp3) is 0.750. The van der Waals surface area contributed by atoms with Crippen LogP contribution in [0.3, 0.4) is 0 Å². The topological polar surface area (TPSA) is 49.8 Å². The summed E-state index contributed by atoms with van der Waals surface area (Å²) in [7, 11) is 0. The first-order chi connectivity index (χ1) is 3.22. The van der Waals surface area contributed by atoms with E-state index in [-0.39, 0.29) is 35.7 Å². The van der Waals surface area contributed by atoms with Crippen molar-refractivity contribution < 1.29 is 14.6 Å². The molecule has 0 spiro atoms. The van der Waals surface area contributed by atoms with Crippen LogP contribution in [0.1, 0.15) is 6.92 Å². The Balaban J connectivity index is 0.000000490. The van der Waals surface area contributed by atoms with Crippen molar-refractivity contribution in [2.45, 2.75) is 19.1 Å². The van der Waals surface area contributed by atoms with Crippen molar-refractivity contribution in [1.82, 2.24) is 0 Å². The summed E-state index contributed by atoms with van der Waals surface area (Å²) in [6.07, 6.45) is -0.572. The Morgan fingerprint density at radius 2 is 2.12 bits per heavy atom. The summed E-state index contributed by atoms with van der Waals surface area (Å²) in [5.74, 6) is -0.854. The monoisotopic (exact) mass is 126 g/mol. The second-order valence-corrected chi connectivity index (χ2v) is 1.60. The number of rotatable bonds is 1. The molecule has 0 aromatic rings. The Bertz CT molecular complexity index is 103. The van der Waals surface area contributed by atoms with Crippen molar-refractivity contribution >= 4 is 35.5 Å². The van der Waals surface area contributed by atoms with Crippen molar-refractivity contribution in [3.8, 4) is 0 Å². The molecule has 1 N–H and O–H groups in total. The summed E-state index contributed by atoms with van der Waals surface area (Å²) in [5.41, 5.74) is 0. The summed E-state index contributed by atoms with van der Waals surface area (Å²) in [6.45, 7) is 1.73. The van der Waals surface area contributed by atoms with E-state index in [9.17, 15) is 4.79 Å². The van der Waals surface area contributed by atoms with Crippen LogP contribution in [0.25, 0.3) is 0 Å². The van der Waals surface area contributed by atoms with Gasteiger partial charge in [0.2, 0.25) is 0 Å². The van der Waals surface area contributed by atoms with Gasteiger partial charge in [-0.15, -0.1) is 0 Å². The van der Waals surface area contributed by atoms with Crippen LogP contribution in [-0.4, -0.2) is 52.8 Å². The maximum absolute atomic E-state index is 9.85. The standard InChI is InChI=1S/C4H6O3.Na.H/c1-2-3(7-2)4(5)6;;/h2-3H,1H3,(H,5,6);;/t2-,3-;;/m1../s1. The third kappa shape index (κ3) is 1.74. The van der Waals surface area contributed by atoms with E-state index in [1.807, 2.05) is 0 Å². The van der Waals surface area contributed by atoms with Crippen LogP contribution in [0.5, 0.6) is 0 Å². The molecule has 1 saturated heterocycles. The van der Waals surface area contributed by atoms with E-state index in [1.54, 1.807) is 6.92 Å². The van der Waals surface area contributed by atoms with Gasteiger partial charge in [0.1, 0.15) is 0 Å². The zero-order valence-corrected chi connectivity index (χ0v) is 3.92. The summed E-state index contributed by atoms with van der Waals surface area (Å²) < 4.78 is 4.58. The second kappa shape index (κ2) is 2.82. The average Bonchev–Trinajstić information content (AvgIpc) is 2.17. The molecule has 1 aliphatic rings. The minimum absolute atomic E-state index is 0. The molecular formula is C4H7NaO3. The molecule has 0 aliphatic carbocycles. The molecule has 3 nitrogen and oxygen atoms in total. The molecule has 1 aliphatic heterocycles. The Labute approximate surface area is 69.3 Å². The number of ether oxygens (including phenoxy) is 1. The average molecular weight is 126 g/mol. The predicted octanol–water partition coefficient (Wildman–Crippen LogP) is -0.790. The first kappa shape index (κ1) is 8.43. The number of carboxylic acid groups (broad SMARTS) is 1. The fourth-order valence-electron chi connectivity index (χ4n) is 0.445.